The number of nitrogens with zero attached hydrogens (tertiary/aromatic N) is 5. The molecular weight excluding hydrogens is 318 g/mol. The summed E-state index contributed by atoms with van der Waals surface area (Å²) in [5.74, 6) is 0.341. The topological polar surface area (TPSA) is 112 Å². The third-order valence-electron chi connectivity index (χ3n) is 4.66. The zero-order valence-electron chi connectivity index (χ0n) is 13.7. The first-order chi connectivity index (χ1) is 12.2. The van der Waals surface area contributed by atoms with Crippen molar-refractivity contribution in [2.24, 2.45) is 11.7 Å². The number of benzene rings is 1. The molecule has 1 amide bonds. The normalized spacial score (nSPS) is 20.5. The Morgan fingerprint density at radius 3 is 2.64 bits per heavy atom. The van der Waals surface area contributed by atoms with E-state index in [0.29, 0.717) is 17.1 Å². The van der Waals surface area contributed by atoms with Gasteiger partial charge in [0, 0.05) is 12.0 Å². The van der Waals surface area contributed by atoms with Gasteiger partial charge in [0.05, 0.1) is 11.9 Å². The fourth-order valence-electron chi connectivity index (χ4n) is 3.25. The van der Waals surface area contributed by atoms with Crippen molar-refractivity contribution < 1.29 is 4.79 Å². The van der Waals surface area contributed by atoms with E-state index in [2.05, 4.69) is 25.6 Å². The Kier molecular flexibility index (Phi) is 4.01. The van der Waals surface area contributed by atoms with E-state index in [9.17, 15) is 4.79 Å². The van der Waals surface area contributed by atoms with Crippen molar-refractivity contribution >= 4 is 23.0 Å². The summed E-state index contributed by atoms with van der Waals surface area (Å²) in [6, 6.07) is 9.99. The van der Waals surface area contributed by atoms with Gasteiger partial charge in [0.2, 0.25) is 11.9 Å². The van der Waals surface area contributed by atoms with E-state index in [1.54, 1.807) is 10.9 Å². The lowest BCUT2D eigenvalue weighted by Crippen LogP contribution is -2.32. The van der Waals surface area contributed by atoms with Crippen molar-refractivity contribution in [3.8, 4) is 5.69 Å². The molecule has 0 unspecified atom stereocenters. The summed E-state index contributed by atoms with van der Waals surface area (Å²) >= 11 is 0. The number of carbonyl (C=O) groups excluding carboxylic acids is 1. The highest BCUT2D eigenvalue weighted by Gasteiger charge is 2.25. The molecule has 8 nitrogen and oxygen atoms in total. The Balaban J connectivity index is 1.54. The van der Waals surface area contributed by atoms with Gasteiger partial charge in [-0.3, -0.25) is 4.79 Å². The fourth-order valence-corrected chi connectivity index (χ4v) is 3.25. The second-order valence-corrected chi connectivity index (χ2v) is 6.33. The van der Waals surface area contributed by atoms with E-state index in [0.717, 1.165) is 31.4 Å². The van der Waals surface area contributed by atoms with Crippen LogP contribution in [0.25, 0.3) is 16.9 Å². The number of rotatable bonds is 4. The maximum atomic E-state index is 11.3. The Morgan fingerprint density at radius 2 is 1.92 bits per heavy atom. The molecule has 3 N–H and O–H groups in total. The van der Waals surface area contributed by atoms with Crippen LogP contribution < -0.4 is 11.1 Å². The molecule has 25 heavy (non-hydrogen) atoms. The van der Waals surface area contributed by atoms with Crippen LogP contribution >= 0.6 is 0 Å². The van der Waals surface area contributed by atoms with Crippen LogP contribution in [-0.2, 0) is 4.79 Å². The number of hydrogen-bond donors (Lipinski definition) is 2. The number of amides is 1. The number of para-hydroxylation sites is 1. The van der Waals surface area contributed by atoms with Crippen LogP contribution in [0.3, 0.4) is 0 Å². The Morgan fingerprint density at radius 1 is 1.16 bits per heavy atom. The minimum atomic E-state index is -0.200. The number of hydrogen-bond acceptors (Lipinski definition) is 6. The van der Waals surface area contributed by atoms with Gasteiger partial charge in [-0.15, -0.1) is 5.10 Å². The average molecular weight is 337 g/mol. The molecule has 1 aromatic carbocycles. The predicted molar refractivity (Wildman–Crippen MR) is 93.0 cm³/mol. The molecule has 0 bridgehead atoms. The van der Waals surface area contributed by atoms with Gasteiger partial charge in [-0.2, -0.15) is 9.67 Å². The summed E-state index contributed by atoms with van der Waals surface area (Å²) in [6.07, 6.45) is 5.04. The molecule has 0 aliphatic heterocycles. The number of nitrogens with one attached hydrogen (secondary N) is 1. The fraction of sp³-hybridized carbons (Fsp3) is 0.353. The van der Waals surface area contributed by atoms with Crippen molar-refractivity contribution in [3.63, 3.8) is 0 Å². The molecule has 0 spiro atoms. The van der Waals surface area contributed by atoms with E-state index in [1.807, 2.05) is 30.3 Å². The van der Waals surface area contributed by atoms with Crippen LogP contribution in [0.4, 0.5) is 5.95 Å². The Bertz CT molecular complexity index is 884. The van der Waals surface area contributed by atoms with E-state index >= 15 is 0 Å². The Hall–Kier alpha value is -3.03. The average Bonchev–Trinajstić information content (AvgIpc) is 3.06. The monoisotopic (exact) mass is 337 g/mol. The molecule has 1 aliphatic rings. The number of primary amides is 1. The molecular formula is C17H19N7O. The van der Waals surface area contributed by atoms with Gasteiger partial charge in [-0.1, -0.05) is 23.4 Å². The van der Waals surface area contributed by atoms with Gasteiger partial charge in [0.25, 0.3) is 0 Å². The summed E-state index contributed by atoms with van der Waals surface area (Å²) in [7, 11) is 0. The molecule has 1 fully saturated rings. The first-order valence-electron chi connectivity index (χ1n) is 8.40. The number of carbonyl (C=O) groups is 1. The van der Waals surface area contributed by atoms with E-state index in [4.69, 9.17) is 5.73 Å². The van der Waals surface area contributed by atoms with E-state index in [-0.39, 0.29) is 17.9 Å². The summed E-state index contributed by atoms with van der Waals surface area (Å²) in [4.78, 5) is 20.2. The molecule has 0 saturated heterocycles. The highest BCUT2D eigenvalue weighted by atomic mass is 16.1. The minimum Gasteiger partial charge on any atom is -0.369 e. The van der Waals surface area contributed by atoms with Crippen LogP contribution in [0.1, 0.15) is 25.7 Å². The third kappa shape index (κ3) is 3.15. The molecule has 1 aliphatic carbocycles. The van der Waals surface area contributed by atoms with Gasteiger partial charge < -0.3 is 11.1 Å². The van der Waals surface area contributed by atoms with Gasteiger partial charge in [-0.25, -0.2) is 4.98 Å². The number of aromatic nitrogens is 5. The summed E-state index contributed by atoms with van der Waals surface area (Å²) in [5.41, 5.74) is 7.59. The molecule has 2 heterocycles. The first kappa shape index (κ1) is 15.5. The quantitative estimate of drug-likeness (QED) is 0.749. The SMILES string of the molecule is NC(=O)C1CCC(Nc2ncc3nnn(-c4ccccc4)c3n2)CC1. The standard InChI is InChI=1S/C17H19N7O/c18-15(25)11-6-8-12(9-7-11)20-17-19-10-14-16(21-17)24(23-22-14)13-4-2-1-3-5-13/h1-5,10-12H,6-9H2,(H2,18,25)(H,19,20,21). The number of nitrogens with two attached hydrogens (primary N) is 1. The lowest BCUT2D eigenvalue weighted by Gasteiger charge is -2.27. The van der Waals surface area contributed by atoms with Crippen molar-refractivity contribution in [2.75, 3.05) is 5.32 Å². The van der Waals surface area contributed by atoms with Crippen LogP contribution in [0, 0.1) is 5.92 Å². The van der Waals surface area contributed by atoms with Crippen molar-refractivity contribution in [2.45, 2.75) is 31.7 Å². The highest BCUT2D eigenvalue weighted by Crippen LogP contribution is 2.26. The molecule has 0 radical (unpaired) electrons. The van der Waals surface area contributed by atoms with E-state index in [1.165, 1.54) is 0 Å². The second kappa shape index (κ2) is 6.46. The first-order valence-corrected chi connectivity index (χ1v) is 8.40. The zero-order chi connectivity index (χ0) is 17.2. The van der Waals surface area contributed by atoms with E-state index < -0.39 is 0 Å². The molecule has 3 aromatic rings. The maximum Gasteiger partial charge on any atom is 0.225 e. The highest BCUT2D eigenvalue weighted by molar-refractivity contribution is 5.76. The van der Waals surface area contributed by atoms with Crippen molar-refractivity contribution in [1.29, 1.82) is 0 Å². The molecule has 0 atom stereocenters. The smallest absolute Gasteiger partial charge is 0.225 e. The van der Waals surface area contributed by atoms with Gasteiger partial charge >= 0.3 is 0 Å². The molecule has 4 rings (SSSR count). The Labute approximate surface area is 144 Å². The van der Waals surface area contributed by atoms with Gasteiger partial charge in [0.15, 0.2) is 11.2 Å². The van der Waals surface area contributed by atoms with Crippen LogP contribution in [-0.4, -0.2) is 36.9 Å². The summed E-state index contributed by atoms with van der Waals surface area (Å²) in [5, 5.41) is 11.6. The van der Waals surface area contributed by atoms with Crippen molar-refractivity contribution in [1.82, 2.24) is 25.0 Å². The molecule has 1 saturated carbocycles. The zero-order valence-corrected chi connectivity index (χ0v) is 13.7. The molecule has 128 valence electrons. The number of fused-ring (bicyclic) bond motifs is 1. The van der Waals surface area contributed by atoms with Gasteiger partial charge in [0.1, 0.15) is 0 Å². The van der Waals surface area contributed by atoms with Crippen LogP contribution in [0.5, 0.6) is 0 Å². The number of anilines is 1. The lowest BCUT2D eigenvalue weighted by atomic mass is 9.86. The largest absolute Gasteiger partial charge is 0.369 e. The predicted octanol–water partition coefficient (Wildman–Crippen LogP) is 1.67. The van der Waals surface area contributed by atoms with Crippen LogP contribution in [0.15, 0.2) is 36.5 Å². The molecule has 2 aromatic heterocycles. The summed E-state index contributed by atoms with van der Waals surface area (Å²) in [6.45, 7) is 0. The minimum absolute atomic E-state index is 0.00911. The van der Waals surface area contributed by atoms with Gasteiger partial charge in [-0.05, 0) is 37.8 Å². The van der Waals surface area contributed by atoms with Crippen molar-refractivity contribution in [3.05, 3.63) is 36.5 Å². The lowest BCUT2D eigenvalue weighted by molar-refractivity contribution is -0.122. The van der Waals surface area contributed by atoms with Crippen LogP contribution in [0.2, 0.25) is 0 Å². The molecule has 8 heteroatoms. The second-order valence-electron chi connectivity index (χ2n) is 6.33. The maximum absolute atomic E-state index is 11.3. The third-order valence-corrected chi connectivity index (χ3v) is 4.66. The summed E-state index contributed by atoms with van der Waals surface area (Å²) < 4.78 is 1.70.